The molecule has 19 heteroatoms. The number of hydrogen-bond acceptors (Lipinski definition) is 15. The van der Waals surface area contributed by atoms with Gasteiger partial charge in [-0.25, -0.2) is 9.13 Å². The molecule has 0 spiro atoms. The molecule has 0 aliphatic heterocycles. The summed E-state index contributed by atoms with van der Waals surface area (Å²) in [6.45, 7) is 9.62. The van der Waals surface area contributed by atoms with Gasteiger partial charge in [-0.05, 0) is 37.5 Å². The van der Waals surface area contributed by atoms with Gasteiger partial charge in [0.05, 0.1) is 26.4 Å². The Morgan fingerprint density at radius 1 is 0.267 bits per heavy atom. The fraction of sp³-hybridized carbons (Fsp3) is 0.951. The lowest BCUT2D eigenvalue weighted by Crippen LogP contribution is -2.30. The zero-order valence-electron chi connectivity index (χ0n) is 66.2. The van der Waals surface area contributed by atoms with E-state index in [0.29, 0.717) is 31.6 Å². The minimum Gasteiger partial charge on any atom is -0.462 e. The maximum atomic E-state index is 13.1. The molecule has 0 saturated heterocycles. The van der Waals surface area contributed by atoms with Crippen LogP contribution in [0, 0.1) is 11.8 Å². The van der Waals surface area contributed by atoms with Crippen molar-refractivity contribution < 1.29 is 80.2 Å². The number of ether oxygens (including phenoxy) is 4. The van der Waals surface area contributed by atoms with Crippen molar-refractivity contribution in [2.45, 2.75) is 452 Å². The summed E-state index contributed by atoms with van der Waals surface area (Å²) >= 11 is 0. The molecule has 600 valence electrons. The van der Waals surface area contributed by atoms with Gasteiger partial charge < -0.3 is 33.8 Å². The van der Waals surface area contributed by atoms with Gasteiger partial charge >= 0.3 is 39.5 Å². The van der Waals surface area contributed by atoms with Crippen LogP contribution in [0.5, 0.6) is 0 Å². The van der Waals surface area contributed by atoms with Crippen molar-refractivity contribution in [2.75, 3.05) is 39.6 Å². The lowest BCUT2D eigenvalue weighted by molar-refractivity contribution is -0.161. The molecule has 0 saturated carbocycles. The standard InChI is InChI=1S/C82H160O17P2/c1-7-9-11-13-15-17-19-21-23-24-25-29-32-36-40-46-52-58-64-79(84)92-70-77(98-81(86)67-61-55-48-42-38-34-30-26-28-31-35-39-44-50-56-62-74(3)4)72-96-100(88,89)94-68-76(83)69-95-101(90,91)97-73-78(71-93-80(85)65-59-53-49-43-45-51-57-63-75(5)6)99-82(87)66-60-54-47-41-37-33-27-22-20-18-16-14-12-10-8-2/h74-78,83H,7-73H2,1-6H3,(H,88,89)(H,90,91)/t76-,77-,78-/m1/s1. The number of hydrogen-bond donors (Lipinski definition) is 3. The number of esters is 4. The lowest BCUT2D eigenvalue weighted by Gasteiger charge is -2.21. The van der Waals surface area contributed by atoms with Crippen molar-refractivity contribution in [2.24, 2.45) is 11.8 Å². The summed E-state index contributed by atoms with van der Waals surface area (Å²) < 4.78 is 68.8. The van der Waals surface area contributed by atoms with Crippen molar-refractivity contribution in [3.63, 3.8) is 0 Å². The van der Waals surface area contributed by atoms with Crippen LogP contribution in [0.15, 0.2) is 0 Å². The summed E-state index contributed by atoms with van der Waals surface area (Å²) in [5.74, 6) is -0.599. The van der Waals surface area contributed by atoms with Gasteiger partial charge in [-0.1, -0.05) is 382 Å². The van der Waals surface area contributed by atoms with E-state index in [1.54, 1.807) is 0 Å². The van der Waals surface area contributed by atoms with E-state index < -0.39 is 97.5 Å². The van der Waals surface area contributed by atoms with E-state index in [-0.39, 0.29) is 25.7 Å². The molecule has 0 radical (unpaired) electrons. The highest BCUT2D eigenvalue weighted by molar-refractivity contribution is 7.47. The molecule has 0 aromatic rings. The van der Waals surface area contributed by atoms with E-state index >= 15 is 0 Å². The highest BCUT2D eigenvalue weighted by atomic mass is 31.2. The van der Waals surface area contributed by atoms with Crippen LogP contribution in [-0.4, -0.2) is 96.7 Å². The van der Waals surface area contributed by atoms with Gasteiger partial charge in [-0.2, -0.15) is 0 Å². The third-order valence-corrected chi connectivity index (χ3v) is 21.1. The van der Waals surface area contributed by atoms with Crippen LogP contribution in [0.4, 0.5) is 0 Å². The Labute approximate surface area is 619 Å². The molecule has 101 heavy (non-hydrogen) atoms. The fourth-order valence-electron chi connectivity index (χ4n) is 12.7. The number of aliphatic hydroxyl groups is 1. The molecule has 0 bridgehead atoms. The Bertz CT molecular complexity index is 1940. The number of phosphoric ester groups is 2. The average Bonchev–Trinajstić information content (AvgIpc) is 1.04. The van der Waals surface area contributed by atoms with Crippen molar-refractivity contribution >= 4 is 39.5 Å². The minimum absolute atomic E-state index is 0.108. The Balaban J connectivity index is 5.24. The topological polar surface area (TPSA) is 237 Å². The van der Waals surface area contributed by atoms with Gasteiger partial charge in [0, 0.05) is 25.7 Å². The summed E-state index contributed by atoms with van der Waals surface area (Å²) in [5.41, 5.74) is 0. The van der Waals surface area contributed by atoms with E-state index in [4.69, 9.17) is 37.0 Å². The van der Waals surface area contributed by atoms with Crippen LogP contribution < -0.4 is 0 Å². The molecule has 0 aliphatic carbocycles. The number of phosphoric acid groups is 2. The number of aliphatic hydroxyl groups excluding tert-OH is 1. The summed E-state index contributed by atoms with van der Waals surface area (Å²) in [7, 11) is -9.92. The molecule has 5 atom stereocenters. The molecule has 0 aromatic carbocycles. The molecule has 0 aliphatic rings. The minimum atomic E-state index is -4.96. The van der Waals surface area contributed by atoms with Crippen LogP contribution >= 0.6 is 15.6 Å². The van der Waals surface area contributed by atoms with E-state index in [9.17, 15) is 43.2 Å². The molecule has 0 fully saturated rings. The second-order valence-electron chi connectivity index (χ2n) is 30.5. The lowest BCUT2D eigenvalue weighted by atomic mass is 10.0. The molecule has 0 rings (SSSR count). The summed E-state index contributed by atoms with van der Waals surface area (Å²) in [5, 5.41) is 10.6. The van der Waals surface area contributed by atoms with Gasteiger partial charge in [-0.15, -0.1) is 0 Å². The molecular formula is C82H160O17P2. The van der Waals surface area contributed by atoms with Crippen LogP contribution in [0.3, 0.4) is 0 Å². The Kier molecular flexibility index (Phi) is 72.2. The molecule has 0 aromatic heterocycles. The molecule has 3 N–H and O–H groups in total. The van der Waals surface area contributed by atoms with Gasteiger partial charge in [0.15, 0.2) is 12.2 Å². The maximum Gasteiger partial charge on any atom is 0.472 e. The van der Waals surface area contributed by atoms with Gasteiger partial charge in [0.1, 0.15) is 19.3 Å². The zero-order valence-corrected chi connectivity index (χ0v) is 68.0. The number of carbonyl (C=O) groups is 4. The smallest absolute Gasteiger partial charge is 0.462 e. The molecular weight excluding hydrogens is 1320 g/mol. The quantitative estimate of drug-likeness (QED) is 0.0222. The fourth-order valence-corrected chi connectivity index (χ4v) is 14.3. The number of unbranched alkanes of at least 4 members (excludes halogenated alkanes) is 51. The number of carbonyl (C=O) groups excluding carboxylic acids is 4. The highest BCUT2D eigenvalue weighted by Gasteiger charge is 2.30. The molecule has 0 amide bonds. The van der Waals surface area contributed by atoms with Crippen LogP contribution in [0.2, 0.25) is 0 Å². The van der Waals surface area contributed by atoms with Crippen molar-refractivity contribution in [3.05, 3.63) is 0 Å². The molecule has 0 heterocycles. The first kappa shape index (κ1) is 99.1. The van der Waals surface area contributed by atoms with Crippen LogP contribution in [-0.2, 0) is 65.4 Å². The normalized spacial score (nSPS) is 13.9. The second-order valence-corrected chi connectivity index (χ2v) is 33.4. The van der Waals surface area contributed by atoms with Gasteiger partial charge in [-0.3, -0.25) is 37.3 Å². The molecule has 2 unspecified atom stereocenters. The second kappa shape index (κ2) is 73.6. The average molecular weight is 1480 g/mol. The first-order valence-electron chi connectivity index (χ1n) is 42.5. The van der Waals surface area contributed by atoms with Crippen molar-refractivity contribution in [1.29, 1.82) is 0 Å². The monoisotopic (exact) mass is 1480 g/mol. The molecule has 17 nitrogen and oxygen atoms in total. The first-order valence-corrected chi connectivity index (χ1v) is 45.5. The summed E-state index contributed by atoms with van der Waals surface area (Å²) in [6.07, 6.45) is 63.9. The van der Waals surface area contributed by atoms with Crippen LogP contribution in [0.25, 0.3) is 0 Å². The third kappa shape index (κ3) is 76.1. The Hall–Kier alpha value is -1.94. The highest BCUT2D eigenvalue weighted by Crippen LogP contribution is 2.45. The summed E-state index contributed by atoms with van der Waals surface area (Å²) in [4.78, 5) is 73.1. The van der Waals surface area contributed by atoms with E-state index in [1.807, 2.05) is 0 Å². The van der Waals surface area contributed by atoms with E-state index in [1.165, 1.54) is 244 Å². The van der Waals surface area contributed by atoms with Crippen molar-refractivity contribution in [3.8, 4) is 0 Å². The Morgan fingerprint density at radius 3 is 0.673 bits per heavy atom. The predicted molar refractivity (Wildman–Crippen MR) is 414 cm³/mol. The van der Waals surface area contributed by atoms with Gasteiger partial charge in [0.2, 0.25) is 0 Å². The first-order chi connectivity index (χ1) is 48.9. The van der Waals surface area contributed by atoms with E-state index in [2.05, 4.69) is 41.5 Å². The van der Waals surface area contributed by atoms with Crippen molar-refractivity contribution in [1.82, 2.24) is 0 Å². The van der Waals surface area contributed by atoms with E-state index in [0.717, 1.165) is 102 Å². The predicted octanol–water partition coefficient (Wildman–Crippen LogP) is 24.7. The largest absolute Gasteiger partial charge is 0.472 e. The number of rotatable bonds is 81. The Morgan fingerprint density at radius 2 is 0.455 bits per heavy atom. The zero-order chi connectivity index (χ0) is 74.2. The summed E-state index contributed by atoms with van der Waals surface area (Å²) in [6, 6.07) is 0. The SMILES string of the molecule is CCCCCCCCCCCCCCCCCCCCC(=O)OC[C@H](COP(=O)(O)OC[C@@H](O)COP(=O)(O)OC[C@@H](COC(=O)CCCCCCCCCC(C)C)OC(=O)CCCCCCCCCCCCCCCCC)OC(=O)CCCCCCCCCCCCCCCCCC(C)C. The van der Waals surface area contributed by atoms with Gasteiger partial charge in [0.25, 0.3) is 0 Å². The maximum absolute atomic E-state index is 13.1. The third-order valence-electron chi connectivity index (χ3n) is 19.2. The van der Waals surface area contributed by atoms with Crippen LogP contribution in [0.1, 0.15) is 433 Å².